The van der Waals surface area contributed by atoms with Gasteiger partial charge in [-0.3, -0.25) is 10.1 Å². The summed E-state index contributed by atoms with van der Waals surface area (Å²) in [5.41, 5.74) is -0.100. The van der Waals surface area contributed by atoms with Crippen molar-refractivity contribution in [3.8, 4) is 0 Å². The van der Waals surface area contributed by atoms with Gasteiger partial charge in [0.05, 0.1) is 15.0 Å². The minimum absolute atomic E-state index is 0.100. The molecule has 0 spiro atoms. The maximum absolute atomic E-state index is 10.5. The molecule has 0 atom stereocenters. The Hall–Kier alpha value is -0.160. The predicted molar refractivity (Wildman–Crippen MR) is 69.2 cm³/mol. The Morgan fingerprint density at radius 2 is 1.88 bits per heavy atom. The van der Waals surface area contributed by atoms with Gasteiger partial charge in [-0.25, -0.2) is 0 Å². The topological polar surface area (TPSA) is 43.1 Å². The van der Waals surface area contributed by atoms with Crippen molar-refractivity contribution in [1.29, 1.82) is 0 Å². The van der Waals surface area contributed by atoms with E-state index in [4.69, 9.17) is 34.8 Å². The Kier molecular flexibility index (Phi) is 5.69. The van der Waals surface area contributed by atoms with Crippen LogP contribution in [0.3, 0.4) is 0 Å². The lowest BCUT2D eigenvalue weighted by Gasteiger charge is -2.05. The third-order valence-electron chi connectivity index (χ3n) is 1.72. The average molecular weight is 301 g/mol. The summed E-state index contributed by atoms with van der Waals surface area (Å²) in [4.78, 5) is 10.7. The maximum atomic E-state index is 10.5. The Balaban J connectivity index is 2.89. The van der Waals surface area contributed by atoms with Gasteiger partial charge in [-0.2, -0.15) is 0 Å². The van der Waals surface area contributed by atoms with Crippen LogP contribution in [0.25, 0.3) is 0 Å². The van der Waals surface area contributed by atoms with Crippen molar-refractivity contribution in [3.05, 3.63) is 32.3 Å². The van der Waals surface area contributed by atoms with Crippen LogP contribution in [0.1, 0.15) is 6.42 Å². The fourth-order valence-corrected chi connectivity index (χ4v) is 3.00. The number of non-ortho nitro benzene ring substituents is 1. The molecule has 3 nitrogen and oxygen atoms in total. The molecular formula is C9H8Cl3NO2S. The summed E-state index contributed by atoms with van der Waals surface area (Å²) in [5, 5.41) is 11.1. The van der Waals surface area contributed by atoms with E-state index in [1.165, 1.54) is 23.9 Å². The molecule has 0 radical (unpaired) electrons. The molecule has 16 heavy (non-hydrogen) atoms. The molecule has 0 N–H and O–H groups in total. The molecule has 88 valence electrons. The molecule has 0 saturated carbocycles. The van der Waals surface area contributed by atoms with E-state index >= 15 is 0 Å². The number of alkyl halides is 1. The number of hydrogen-bond acceptors (Lipinski definition) is 3. The van der Waals surface area contributed by atoms with E-state index < -0.39 is 4.92 Å². The molecule has 0 heterocycles. The van der Waals surface area contributed by atoms with Crippen molar-refractivity contribution in [2.75, 3.05) is 11.6 Å². The minimum atomic E-state index is -0.523. The van der Waals surface area contributed by atoms with Gasteiger partial charge in [-0.1, -0.05) is 23.2 Å². The summed E-state index contributed by atoms with van der Waals surface area (Å²) in [6.45, 7) is 0. The fourth-order valence-electron chi connectivity index (χ4n) is 1.02. The quantitative estimate of drug-likeness (QED) is 0.262. The van der Waals surface area contributed by atoms with Crippen molar-refractivity contribution in [2.45, 2.75) is 11.3 Å². The first-order chi connectivity index (χ1) is 7.56. The van der Waals surface area contributed by atoms with E-state index in [9.17, 15) is 10.1 Å². The summed E-state index contributed by atoms with van der Waals surface area (Å²) >= 11 is 18.8. The molecule has 7 heteroatoms. The molecule has 0 bridgehead atoms. The smallest absolute Gasteiger partial charge is 0.258 e. The highest BCUT2D eigenvalue weighted by atomic mass is 35.5. The van der Waals surface area contributed by atoms with Gasteiger partial charge in [0, 0.05) is 22.9 Å². The molecule has 0 amide bonds. The van der Waals surface area contributed by atoms with Crippen molar-refractivity contribution in [2.24, 2.45) is 0 Å². The van der Waals surface area contributed by atoms with Crippen LogP contribution >= 0.6 is 46.6 Å². The average Bonchev–Trinajstić information content (AvgIpc) is 2.21. The van der Waals surface area contributed by atoms with Crippen LogP contribution in [0.15, 0.2) is 17.0 Å². The van der Waals surface area contributed by atoms with Gasteiger partial charge < -0.3 is 0 Å². The second-order valence-corrected chi connectivity index (χ2v) is 5.18. The third-order valence-corrected chi connectivity index (χ3v) is 4.03. The van der Waals surface area contributed by atoms with Gasteiger partial charge in [0.15, 0.2) is 0 Å². The van der Waals surface area contributed by atoms with Crippen LogP contribution in [-0.2, 0) is 0 Å². The molecule has 0 aliphatic carbocycles. The molecule has 1 rings (SSSR count). The number of rotatable bonds is 5. The van der Waals surface area contributed by atoms with Crippen molar-refractivity contribution in [3.63, 3.8) is 0 Å². The lowest BCUT2D eigenvalue weighted by molar-refractivity contribution is -0.384. The Morgan fingerprint density at radius 1 is 1.31 bits per heavy atom. The van der Waals surface area contributed by atoms with Crippen molar-refractivity contribution in [1.82, 2.24) is 0 Å². The molecule has 0 unspecified atom stereocenters. The Labute approximate surface area is 112 Å². The Bertz CT molecular complexity index is 377. The second-order valence-electron chi connectivity index (χ2n) is 2.89. The highest BCUT2D eigenvalue weighted by Gasteiger charge is 2.14. The summed E-state index contributed by atoms with van der Waals surface area (Å²) in [6, 6.07) is 2.60. The first kappa shape index (κ1) is 13.9. The van der Waals surface area contributed by atoms with E-state index in [0.29, 0.717) is 20.8 Å². The molecule has 0 saturated heterocycles. The first-order valence-electron chi connectivity index (χ1n) is 4.38. The van der Waals surface area contributed by atoms with Crippen LogP contribution in [0, 0.1) is 10.1 Å². The zero-order valence-electron chi connectivity index (χ0n) is 8.08. The Morgan fingerprint density at radius 3 is 2.31 bits per heavy atom. The van der Waals surface area contributed by atoms with Crippen LogP contribution in [-0.4, -0.2) is 16.6 Å². The van der Waals surface area contributed by atoms with Crippen LogP contribution in [0.4, 0.5) is 5.69 Å². The van der Waals surface area contributed by atoms with E-state index in [-0.39, 0.29) is 5.69 Å². The summed E-state index contributed by atoms with van der Waals surface area (Å²) in [5.74, 6) is 1.34. The third kappa shape index (κ3) is 3.70. The number of hydrogen-bond donors (Lipinski definition) is 0. The van der Waals surface area contributed by atoms with Crippen LogP contribution in [0.2, 0.25) is 10.0 Å². The standard InChI is InChI=1S/C9H8Cl3NO2S/c10-2-1-3-16-9-7(11)4-6(13(14)15)5-8(9)12/h4-5H,1-3H2. The molecule has 0 aliphatic heterocycles. The number of nitrogens with zero attached hydrogens (tertiary/aromatic N) is 1. The van der Waals surface area contributed by atoms with Crippen LogP contribution < -0.4 is 0 Å². The number of nitro groups is 1. The highest BCUT2D eigenvalue weighted by molar-refractivity contribution is 7.99. The second kappa shape index (κ2) is 6.55. The summed E-state index contributed by atoms with van der Waals surface area (Å²) in [6.07, 6.45) is 0.829. The molecular weight excluding hydrogens is 293 g/mol. The fraction of sp³-hybridized carbons (Fsp3) is 0.333. The van der Waals surface area contributed by atoms with E-state index in [1.54, 1.807) is 0 Å². The van der Waals surface area contributed by atoms with Gasteiger partial charge in [0.25, 0.3) is 5.69 Å². The van der Waals surface area contributed by atoms with Crippen molar-refractivity contribution < 1.29 is 4.92 Å². The SMILES string of the molecule is O=[N+]([O-])c1cc(Cl)c(SCCCCl)c(Cl)c1. The predicted octanol–water partition coefficient (Wildman–Crippen LogP) is 4.62. The molecule has 0 aromatic heterocycles. The number of thioether (sulfide) groups is 1. The zero-order chi connectivity index (χ0) is 12.1. The number of benzene rings is 1. The van der Waals surface area contributed by atoms with Crippen LogP contribution in [0.5, 0.6) is 0 Å². The molecule has 1 aromatic carbocycles. The van der Waals surface area contributed by atoms with E-state index in [0.717, 1.165) is 12.2 Å². The van der Waals surface area contributed by atoms with Gasteiger partial charge in [0.2, 0.25) is 0 Å². The van der Waals surface area contributed by atoms with Crippen molar-refractivity contribution >= 4 is 52.3 Å². The van der Waals surface area contributed by atoms with Gasteiger partial charge in [0.1, 0.15) is 0 Å². The summed E-state index contributed by atoms with van der Waals surface area (Å²) < 4.78 is 0. The van der Waals surface area contributed by atoms with E-state index in [1.807, 2.05) is 0 Å². The van der Waals surface area contributed by atoms with Gasteiger partial charge in [-0.15, -0.1) is 23.4 Å². The van der Waals surface area contributed by atoms with E-state index in [2.05, 4.69) is 0 Å². The number of nitro benzene ring substituents is 1. The zero-order valence-corrected chi connectivity index (χ0v) is 11.2. The molecule has 1 aromatic rings. The summed E-state index contributed by atoms with van der Waals surface area (Å²) in [7, 11) is 0. The largest absolute Gasteiger partial charge is 0.272 e. The molecule has 0 aliphatic rings. The first-order valence-corrected chi connectivity index (χ1v) is 6.66. The normalized spacial score (nSPS) is 10.4. The van der Waals surface area contributed by atoms with Gasteiger partial charge >= 0.3 is 0 Å². The monoisotopic (exact) mass is 299 g/mol. The maximum Gasteiger partial charge on any atom is 0.272 e. The molecule has 0 fully saturated rings. The lowest BCUT2D eigenvalue weighted by atomic mass is 10.3. The highest BCUT2D eigenvalue weighted by Crippen LogP contribution is 2.37. The lowest BCUT2D eigenvalue weighted by Crippen LogP contribution is -1.90. The van der Waals surface area contributed by atoms with Gasteiger partial charge in [-0.05, 0) is 12.2 Å². The minimum Gasteiger partial charge on any atom is -0.258 e. The number of halogens is 3.